The standard InChI is InChI=1S/C14H21FN2/c1-13(2)9-16-10-14(3,4)17(13)12-7-5-11(15)6-8-12/h5-8,16H,9-10H2,1-4H3. The number of hydrogen-bond donors (Lipinski definition) is 1. The smallest absolute Gasteiger partial charge is 0.123 e. The largest absolute Gasteiger partial charge is 0.359 e. The van der Waals surface area contributed by atoms with E-state index in [9.17, 15) is 4.39 Å². The predicted octanol–water partition coefficient (Wildman–Crippen LogP) is 2.79. The Kier molecular flexibility index (Phi) is 2.90. The van der Waals surface area contributed by atoms with Crippen LogP contribution in [0.3, 0.4) is 0 Å². The topological polar surface area (TPSA) is 15.3 Å². The van der Waals surface area contributed by atoms with E-state index in [0.717, 1.165) is 18.8 Å². The van der Waals surface area contributed by atoms with Crippen molar-refractivity contribution in [2.24, 2.45) is 0 Å². The van der Waals surface area contributed by atoms with E-state index in [2.05, 4.69) is 37.9 Å². The maximum atomic E-state index is 13.0. The zero-order chi connectivity index (χ0) is 12.7. The van der Waals surface area contributed by atoms with Crippen LogP contribution in [-0.4, -0.2) is 24.2 Å². The molecule has 1 aliphatic heterocycles. The molecular weight excluding hydrogens is 215 g/mol. The number of anilines is 1. The van der Waals surface area contributed by atoms with Crippen LogP contribution in [0.15, 0.2) is 24.3 Å². The monoisotopic (exact) mass is 236 g/mol. The summed E-state index contributed by atoms with van der Waals surface area (Å²) in [6.45, 7) is 10.7. The highest BCUT2D eigenvalue weighted by Gasteiger charge is 2.41. The Morgan fingerprint density at radius 3 is 1.94 bits per heavy atom. The molecule has 2 nitrogen and oxygen atoms in total. The van der Waals surface area contributed by atoms with Crippen LogP contribution in [0, 0.1) is 5.82 Å². The summed E-state index contributed by atoms with van der Waals surface area (Å²) < 4.78 is 13.0. The highest BCUT2D eigenvalue weighted by Crippen LogP contribution is 2.34. The van der Waals surface area contributed by atoms with Gasteiger partial charge in [-0.3, -0.25) is 0 Å². The molecule has 1 heterocycles. The molecular formula is C14H21FN2. The number of rotatable bonds is 1. The summed E-state index contributed by atoms with van der Waals surface area (Å²) in [4.78, 5) is 2.38. The van der Waals surface area contributed by atoms with Gasteiger partial charge in [-0.2, -0.15) is 0 Å². The van der Waals surface area contributed by atoms with E-state index < -0.39 is 0 Å². The van der Waals surface area contributed by atoms with E-state index in [4.69, 9.17) is 0 Å². The van der Waals surface area contributed by atoms with Gasteiger partial charge in [0, 0.05) is 29.9 Å². The predicted molar refractivity (Wildman–Crippen MR) is 69.9 cm³/mol. The molecule has 1 aliphatic rings. The van der Waals surface area contributed by atoms with Crippen LogP contribution >= 0.6 is 0 Å². The highest BCUT2D eigenvalue weighted by molar-refractivity contribution is 5.52. The Balaban J connectivity index is 2.41. The maximum Gasteiger partial charge on any atom is 0.123 e. The third-order valence-electron chi connectivity index (χ3n) is 3.41. The molecule has 3 heteroatoms. The first-order chi connectivity index (χ1) is 7.83. The molecule has 0 spiro atoms. The van der Waals surface area contributed by atoms with Crippen LogP contribution in [0.2, 0.25) is 0 Å². The van der Waals surface area contributed by atoms with E-state index in [1.54, 1.807) is 0 Å². The molecule has 1 aromatic carbocycles. The van der Waals surface area contributed by atoms with E-state index in [0.29, 0.717) is 0 Å². The molecule has 17 heavy (non-hydrogen) atoms. The van der Waals surface area contributed by atoms with Crippen LogP contribution in [0.5, 0.6) is 0 Å². The first-order valence-corrected chi connectivity index (χ1v) is 6.10. The molecule has 2 rings (SSSR count). The third-order valence-corrected chi connectivity index (χ3v) is 3.41. The second-order valence-electron chi connectivity index (χ2n) is 6.04. The van der Waals surface area contributed by atoms with Crippen molar-refractivity contribution in [2.75, 3.05) is 18.0 Å². The Morgan fingerprint density at radius 2 is 1.47 bits per heavy atom. The summed E-state index contributed by atoms with van der Waals surface area (Å²) in [6, 6.07) is 6.79. The minimum atomic E-state index is -0.181. The van der Waals surface area contributed by atoms with Crippen molar-refractivity contribution >= 4 is 5.69 Å². The van der Waals surface area contributed by atoms with Crippen LogP contribution in [-0.2, 0) is 0 Å². The molecule has 0 atom stereocenters. The van der Waals surface area contributed by atoms with Crippen molar-refractivity contribution in [2.45, 2.75) is 38.8 Å². The summed E-state index contributed by atoms with van der Waals surface area (Å²) >= 11 is 0. The van der Waals surface area contributed by atoms with Gasteiger partial charge in [0.25, 0.3) is 0 Å². The molecule has 0 aliphatic carbocycles. The molecule has 1 N–H and O–H groups in total. The average molecular weight is 236 g/mol. The maximum absolute atomic E-state index is 13.0. The van der Waals surface area contributed by atoms with Crippen LogP contribution < -0.4 is 10.2 Å². The Labute approximate surface area is 103 Å². The Morgan fingerprint density at radius 1 is 1.00 bits per heavy atom. The minimum absolute atomic E-state index is 0.0274. The van der Waals surface area contributed by atoms with Gasteiger partial charge in [0.15, 0.2) is 0 Å². The Hall–Kier alpha value is -1.09. The van der Waals surface area contributed by atoms with Gasteiger partial charge in [0.1, 0.15) is 5.82 Å². The summed E-state index contributed by atoms with van der Waals surface area (Å²) in [6.07, 6.45) is 0. The number of halogens is 1. The average Bonchev–Trinajstić information content (AvgIpc) is 2.18. The summed E-state index contributed by atoms with van der Waals surface area (Å²) in [5.41, 5.74) is 1.14. The zero-order valence-electron chi connectivity index (χ0n) is 11.0. The van der Waals surface area contributed by atoms with Crippen molar-refractivity contribution in [3.63, 3.8) is 0 Å². The molecule has 0 unspecified atom stereocenters. The SMILES string of the molecule is CC1(C)CNCC(C)(C)N1c1ccc(F)cc1. The van der Waals surface area contributed by atoms with E-state index in [1.165, 1.54) is 12.1 Å². The molecule has 0 bridgehead atoms. The van der Waals surface area contributed by atoms with E-state index in [-0.39, 0.29) is 16.9 Å². The van der Waals surface area contributed by atoms with Crippen molar-refractivity contribution in [3.05, 3.63) is 30.1 Å². The highest BCUT2D eigenvalue weighted by atomic mass is 19.1. The molecule has 0 saturated carbocycles. The lowest BCUT2D eigenvalue weighted by Gasteiger charge is -2.54. The molecule has 0 aromatic heterocycles. The number of nitrogens with one attached hydrogen (secondary N) is 1. The number of benzene rings is 1. The lowest BCUT2D eigenvalue weighted by molar-refractivity contribution is 0.263. The van der Waals surface area contributed by atoms with Gasteiger partial charge in [-0.05, 0) is 52.0 Å². The van der Waals surface area contributed by atoms with Gasteiger partial charge < -0.3 is 10.2 Å². The van der Waals surface area contributed by atoms with Crippen LogP contribution in [0.25, 0.3) is 0 Å². The van der Waals surface area contributed by atoms with Crippen molar-refractivity contribution in [3.8, 4) is 0 Å². The second-order valence-corrected chi connectivity index (χ2v) is 6.04. The minimum Gasteiger partial charge on any atom is -0.359 e. The molecule has 0 radical (unpaired) electrons. The Bertz CT molecular complexity index is 379. The van der Waals surface area contributed by atoms with E-state index in [1.807, 2.05) is 12.1 Å². The number of hydrogen-bond acceptors (Lipinski definition) is 2. The van der Waals surface area contributed by atoms with Crippen LogP contribution in [0.4, 0.5) is 10.1 Å². The van der Waals surface area contributed by atoms with Gasteiger partial charge in [-0.25, -0.2) is 4.39 Å². The fourth-order valence-electron chi connectivity index (χ4n) is 2.94. The molecule has 1 aromatic rings. The lowest BCUT2D eigenvalue weighted by atomic mass is 9.88. The van der Waals surface area contributed by atoms with Crippen molar-refractivity contribution in [1.82, 2.24) is 5.32 Å². The van der Waals surface area contributed by atoms with Crippen molar-refractivity contribution < 1.29 is 4.39 Å². The van der Waals surface area contributed by atoms with Gasteiger partial charge in [-0.1, -0.05) is 0 Å². The fourth-order valence-corrected chi connectivity index (χ4v) is 2.94. The third kappa shape index (κ3) is 2.29. The quantitative estimate of drug-likeness (QED) is 0.806. The molecule has 94 valence electrons. The van der Waals surface area contributed by atoms with Crippen LogP contribution in [0.1, 0.15) is 27.7 Å². The molecule has 1 fully saturated rings. The fraction of sp³-hybridized carbons (Fsp3) is 0.571. The van der Waals surface area contributed by atoms with Crippen molar-refractivity contribution in [1.29, 1.82) is 0 Å². The first-order valence-electron chi connectivity index (χ1n) is 6.10. The number of nitrogens with zero attached hydrogens (tertiary/aromatic N) is 1. The molecule has 1 saturated heterocycles. The number of piperazine rings is 1. The molecule has 0 amide bonds. The first kappa shape index (κ1) is 12.4. The second kappa shape index (κ2) is 3.98. The van der Waals surface area contributed by atoms with E-state index >= 15 is 0 Å². The zero-order valence-corrected chi connectivity index (χ0v) is 11.0. The summed E-state index contributed by atoms with van der Waals surface area (Å²) in [5, 5.41) is 3.46. The summed E-state index contributed by atoms with van der Waals surface area (Å²) in [5.74, 6) is -0.181. The lowest BCUT2D eigenvalue weighted by Crippen LogP contribution is -2.68. The normalized spacial score (nSPS) is 22.5. The summed E-state index contributed by atoms with van der Waals surface area (Å²) in [7, 11) is 0. The van der Waals surface area contributed by atoms with Gasteiger partial charge in [0.2, 0.25) is 0 Å². The van der Waals surface area contributed by atoms with Gasteiger partial charge >= 0.3 is 0 Å². The van der Waals surface area contributed by atoms with Gasteiger partial charge in [0.05, 0.1) is 0 Å². The van der Waals surface area contributed by atoms with Gasteiger partial charge in [-0.15, -0.1) is 0 Å².